The van der Waals surface area contributed by atoms with E-state index >= 15 is 0 Å². The largest absolute Gasteiger partial charge is 0.494 e. The first-order chi connectivity index (χ1) is 14.3. The van der Waals surface area contributed by atoms with Crippen LogP contribution in [0.25, 0.3) is 0 Å². The summed E-state index contributed by atoms with van der Waals surface area (Å²) in [5.41, 5.74) is 4.24. The lowest BCUT2D eigenvalue weighted by Crippen LogP contribution is -1.96. The Morgan fingerprint density at radius 1 is 0.800 bits per heavy atom. The second kappa shape index (κ2) is 8.93. The Morgan fingerprint density at radius 3 is 2.13 bits per heavy atom. The number of hydrogen-bond donors (Lipinski definition) is 1. The van der Waals surface area contributed by atoms with E-state index in [0.29, 0.717) is 17.1 Å². The maximum Gasteiger partial charge on any atom is 0.294 e. The van der Waals surface area contributed by atoms with Gasteiger partial charge in [0.1, 0.15) is 11.4 Å². The molecule has 0 amide bonds. The van der Waals surface area contributed by atoms with Crippen LogP contribution in [0.15, 0.2) is 86.0 Å². The van der Waals surface area contributed by atoms with E-state index in [1.54, 1.807) is 24.3 Å². The molecule has 3 rings (SSSR count). The maximum absolute atomic E-state index is 11.2. The Balaban J connectivity index is 1.84. The minimum absolute atomic E-state index is 0.251. The molecule has 1 N–H and O–H groups in total. The zero-order valence-electron chi connectivity index (χ0n) is 16.6. The summed E-state index contributed by atoms with van der Waals surface area (Å²) in [6, 6.07) is 16.5. The average Bonchev–Trinajstić information content (AvgIpc) is 2.71. The summed E-state index contributed by atoms with van der Waals surface area (Å²) in [6.07, 6.45) is 0. The Morgan fingerprint density at radius 2 is 1.47 bits per heavy atom. The highest BCUT2D eigenvalue weighted by molar-refractivity contribution is 7.85. The lowest BCUT2D eigenvalue weighted by molar-refractivity contribution is 0.416. The summed E-state index contributed by atoms with van der Waals surface area (Å²) >= 11 is 0. The van der Waals surface area contributed by atoms with Gasteiger partial charge in [-0.15, -0.1) is 5.11 Å². The van der Waals surface area contributed by atoms with Crippen LogP contribution in [-0.4, -0.2) is 20.1 Å². The first-order valence-electron chi connectivity index (χ1n) is 8.92. The Labute approximate surface area is 174 Å². The molecule has 0 fully saturated rings. The van der Waals surface area contributed by atoms with E-state index in [0.717, 1.165) is 16.8 Å². The molecular formula is C21H20N4O4S. The number of azo groups is 2. The monoisotopic (exact) mass is 424 g/mol. The van der Waals surface area contributed by atoms with Gasteiger partial charge in [0.05, 0.1) is 29.1 Å². The van der Waals surface area contributed by atoms with Crippen molar-refractivity contribution in [1.29, 1.82) is 0 Å². The van der Waals surface area contributed by atoms with Gasteiger partial charge in [-0.25, -0.2) is 0 Å². The predicted octanol–water partition coefficient (Wildman–Crippen LogP) is 6.39. The van der Waals surface area contributed by atoms with Crippen LogP contribution in [0.5, 0.6) is 5.75 Å². The maximum atomic E-state index is 11.2. The zero-order chi connectivity index (χ0) is 21.7. The van der Waals surface area contributed by atoms with Crippen molar-refractivity contribution in [2.45, 2.75) is 18.7 Å². The molecule has 30 heavy (non-hydrogen) atoms. The standard InChI is InChI=1S/C21H20N4O4S/c1-14-7-9-19(15(2)11-14)24-25-20-10-8-17(13-21(20)29-3)23-22-16-5-4-6-18(12-16)30(26,27)28/h4-13H,1-3H3,(H,26,27,28). The summed E-state index contributed by atoms with van der Waals surface area (Å²) in [4.78, 5) is -0.251. The average molecular weight is 424 g/mol. The van der Waals surface area contributed by atoms with E-state index in [2.05, 4.69) is 20.5 Å². The van der Waals surface area contributed by atoms with E-state index in [-0.39, 0.29) is 10.6 Å². The first-order valence-corrected chi connectivity index (χ1v) is 10.4. The van der Waals surface area contributed by atoms with Crippen LogP contribution in [-0.2, 0) is 10.1 Å². The van der Waals surface area contributed by atoms with Crippen molar-refractivity contribution in [3.8, 4) is 5.75 Å². The molecule has 3 aromatic rings. The van der Waals surface area contributed by atoms with Crippen LogP contribution >= 0.6 is 0 Å². The highest BCUT2D eigenvalue weighted by Gasteiger charge is 2.09. The van der Waals surface area contributed by atoms with Crippen LogP contribution in [0.1, 0.15) is 11.1 Å². The van der Waals surface area contributed by atoms with Gasteiger partial charge in [-0.1, -0.05) is 23.8 Å². The second-order valence-electron chi connectivity index (χ2n) is 6.52. The third-order valence-electron chi connectivity index (χ3n) is 4.18. The van der Waals surface area contributed by atoms with Crippen molar-refractivity contribution in [2.75, 3.05) is 7.11 Å². The van der Waals surface area contributed by atoms with Gasteiger partial charge in [0, 0.05) is 6.07 Å². The second-order valence-corrected chi connectivity index (χ2v) is 7.94. The number of benzene rings is 3. The van der Waals surface area contributed by atoms with E-state index < -0.39 is 10.1 Å². The highest BCUT2D eigenvalue weighted by atomic mass is 32.2. The van der Waals surface area contributed by atoms with Gasteiger partial charge < -0.3 is 4.74 Å². The lowest BCUT2D eigenvalue weighted by atomic mass is 10.1. The van der Waals surface area contributed by atoms with E-state index in [4.69, 9.17) is 9.29 Å². The van der Waals surface area contributed by atoms with Gasteiger partial charge in [0.15, 0.2) is 0 Å². The van der Waals surface area contributed by atoms with Crippen molar-refractivity contribution < 1.29 is 17.7 Å². The molecule has 0 spiro atoms. The number of methoxy groups -OCH3 is 1. The van der Waals surface area contributed by atoms with Crippen molar-refractivity contribution in [3.05, 3.63) is 71.8 Å². The molecule has 0 bridgehead atoms. The van der Waals surface area contributed by atoms with Crippen molar-refractivity contribution >= 4 is 32.9 Å². The van der Waals surface area contributed by atoms with Gasteiger partial charge in [-0.3, -0.25) is 4.55 Å². The van der Waals surface area contributed by atoms with Crippen LogP contribution < -0.4 is 4.74 Å². The van der Waals surface area contributed by atoms with Crippen molar-refractivity contribution in [3.63, 3.8) is 0 Å². The molecular weight excluding hydrogens is 404 g/mol. The Bertz CT molecular complexity index is 1240. The number of rotatable bonds is 6. The molecule has 0 radical (unpaired) electrons. The molecule has 0 aliphatic carbocycles. The van der Waals surface area contributed by atoms with Gasteiger partial charge >= 0.3 is 0 Å². The van der Waals surface area contributed by atoms with E-state index in [1.165, 1.54) is 25.3 Å². The van der Waals surface area contributed by atoms with Crippen LogP contribution in [0.4, 0.5) is 22.7 Å². The summed E-state index contributed by atoms with van der Waals surface area (Å²) in [7, 11) is -2.79. The van der Waals surface area contributed by atoms with Gasteiger partial charge in [0.25, 0.3) is 10.1 Å². The van der Waals surface area contributed by atoms with E-state index in [9.17, 15) is 8.42 Å². The molecule has 0 saturated heterocycles. The molecule has 3 aromatic carbocycles. The molecule has 9 heteroatoms. The third-order valence-corrected chi connectivity index (χ3v) is 5.03. The number of ether oxygens (including phenoxy) is 1. The summed E-state index contributed by atoms with van der Waals surface area (Å²) in [6.45, 7) is 3.99. The lowest BCUT2D eigenvalue weighted by Gasteiger charge is -2.05. The molecule has 0 aliphatic heterocycles. The van der Waals surface area contributed by atoms with Crippen LogP contribution in [0, 0.1) is 13.8 Å². The van der Waals surface area contributed by atoms with Gasteiger partial charge in [0.2, 0.25) is 0 Å². The summed E-state index contributed by atoms with van der Waals surface area (Å²) in [5, 5.41) is 16.7. The number of aryl methyl sites for hydroxylation is 2. The highest BCUT2D eigenvalue weighted by Crippen LogP contribution is 2.34. The number of hydrogen-bond acceptors (Lipinski definition) is 7. The third kappa shape index (κ3) is 5.34. The summed E-state index contributed by atoms with van der Waals surface area (Å²) < 4.78 is 37.0. The molecule has 0 atom stereocenters. The summed E-state index contributed by atoms with van der Waals surface area (Å²) in [5.74, 6) is 0.464. The molecule has 0 unspecified atom stereocenters. The molecule has 154 valence electrons. The topological polar surface area (TPSA) is 113 Å². The fraction of sp³-hybridized carbons (Fsp3) is 0.143. The Hall–Kier alpha value is -3.43. The molecule has 0 saturated carbocycles. The Kier molecular flexibility index (Phi) is 6.34. The molecule has 0 aromatic heterocycles. The van der Waals surface area contributed by atoms with Crippen LogP contribution in [0.2, 0.25) is 0 Å². The smallest absolute Gasteiger partial charge is 0.294 e. The molecule has 0 heterocycles. The minimum atomic E-state index is -4.30. The predicted molar refractivity (Wildman–Crippen MR) is 114 cm³/mol. The first kappa shape index (κ1) is 21.3. The van der Waals surface area contributed by atoms with Crippen molar-refractivity contribution in [1.82, 2.24) is 0 Å². The minimum Gasteiger partial charge on any atom is -0.494 e. The van der Waals surface area contributed by atoms with Gasteiger partial charge in [-0.2, -0.15) is 23.8 Å². The zero-order valence-corrected chi connectivity index (χ0v) is 17.5. The van der Waals surface area contributed by atoms with E-state index in [1.807, 2.05) is 32.0 Å². The quantitative estimate of drug-likeness (QED) is 0.365. The fourth-order valence-electron chi connectivity index (χ4n) is 2.66. The SMILES string of the molecule is COc1cc(N=Nc2cccc(S(=O)(=O)O)c2)ccc1N=Nc1ccc(C)cc1C. The molecule has 0 aliphatic rings. The number of nitrogens with zero attached hydrogens (tertiary/aromatic N) is 4. The fourth-order valence-corrected chi connectivity index (χ4v) is 3.18. The van der Waals surface area contributed by atoms with Crippen LogP contribution in [0.3, 0.4) is 0 Å². The normalized spacial score (nSPS) is 12.0. The van der Waals surface area contributed by atoms with Gasteiger partial charge in [-0.05, 0) is 55.8 Å². The van der Waals surface area contributed by atoms with Crippen molar-refractivity contribution in [2.24, 2.45) is 20.5 Å². The molecule has 8 nitrogen and oxygen atoms in total.